The fourth-order valence-corrected chi connectivity index (χ4v) is 3.32. The molecule has 0 aliphatic heterocycles. The Bertz CT molecular complexity index is 819. The fourth-order valence-electron chi connectivity index (χ4n) is 3.32. The summed E-state index contributed by atoms with van der Waals surface area (Å²) < 4.78 is 0. The first-order valence-corrected chi connectivity index (χ1v) is 10.9. The molecule has 13 heteroatoms. The number of amides is 1. The van der Waals surface area contributed by atoms with Crippen LogP contribution in [0.25, 0.3) is 0 Å². The number of aliphatic carboxylic acids is 4. The van der Waals surface area contributed by atoms with E-state index in [9.17, 15) is 24.0 Å². The minimum Gasteiger partial charge on any atom is -0.480 e. The van der Waals surface area contributed by atoms with Gasteiger partial charge in [-0.2, -0.15) is 0 Å². The molecule has 1 aromatic carbocycles. The Labute approximate surface area is 202 Å². The number of hydrogen-bond donors (Lipinski definition) is 5. The molecule has 0 spiro atoms. The van der Waals surface area contributed by atoms with Crippen LogP contribution in [0.1, 0.15) is 12.0 Å². The molecule has 1 aromatic rings. The molecule has 0 radical (unpaired) electrons. The number of benzene rings is 1. The smallest absolute Gasteiger partial charge is 0.317 e. The van der Waals surface area contributed by atoms with E-state index in [1.807, 2.05) is 30.3 Å². The number of carbonyl (C=O) groups excluding carboxylic acids is 1. The lowest BCUT2D eigenvalue weighted by Crippen LogP contribution is -2.44. The van der Waals surface area contributed by atoms with E-state index in [4.69, 9.17) is 20.4 Å². The van der Waals surface area contributed by atoms with Gasteiger partial charge in [0.15, 0.2) is 0 Å². The Morgan fingerprint density at radius 2 is 1.03 bits per heavy atom. The number of carboxylic acid groups (broad SMARTS) is 4. The Kier molecular flexibility index (Phi) is 13.6. The molecule has 1 rings (SSSR count). The molecule has 0 fully saturated rings. The van der Waals surface area contributed by atoms with Crippen LogP contribution in [-0.2, 0) is 30.5 Å². The lowest BCUT2D eigenvalue weighted by Gasteiger charge is -2.26. The number of rotatable bonds is 19. The molecule has 0 heterocycles. The third-order valence-corrected chi connectivity index (χ3v) is 4.82. The maximum Gasteiger partial charge on any atom is 0.317 e. The van der Waals surface area contributed by atoms with Gasteiger partial charge in [-0.15, -0.1) is 0 Å². The van der Waals surface area contributed by atoms with E-state index >= 15 is 0 Å². The Hall–Kier alpha value is -3.55. The van der Waals surface area contributed by atoms with Crippen molar-refractivity contribution in [1.82, 2.24) is 20.0 Å². The third-order valence-electron chi connectivity index (χ3n) is 4.82. The summed E-state index contributed by atoms with van der Waals surface area (Å²) in [5, 5.41) is 38.8. The van der Waals surface area contributed by atoms with Crippen LogP contribution in [0.5, 0.6) is 0 Å². The van der Waals surface area contributed by atoms with Gasteiger partial charge in [0.1, 0.15) is 0 Å². The van der Waals surface area contributed by atoms with Crippen LogP contribution >= 0.6 is 0 Å². The van der Waals surface area contributed by atoms with E-state index < -0.39 is 50.1 Å². The van der Waals surface area contributed by atoms with Gasteiger partial charge in [0, 0.05) is 26.2 Å². The molecule has 0 aromatic heterocycles. The molecule has 0 saturated heterocycles. The molecule has 194 valence electrons. The van der Waals surface area contributed by atoms with Gasteiger partial charge in [-0.3, -0.25) is 38.7 Å². The second-order valence-electron chi connectivity index (χ2n) is 7.89. The average Bonchev–Trinajstić information content (AvgIpc) is 2.74. The summed E-state index contributed by atoms with van der Waals surface area (Å²) in [6.07, 6.45) is 0.338. The molecule has 5 N–H and O–H groups in total. The van der Waals surface area contributed by atoms with E-state index in [1.54, 1.807) is 4.90 Å². The van der Waals surface area contributed by atoms with E-state index in [1.165, 1.54) is 9.80 Å². The normalized spacial score (nSPS) is 11.1. The summed E-state index contributed by atoms with van der Waals surface area (Å²) in [5.74, 6) is -5.00. The molecule has 35 heavy (non-hydrogen) atoms. The van der Waals surface area contributed by atoms with Crippen molar-refractivity contribution in [1.29, 1.82) is 0 Å². The highest BCUT2D eigenvalue weighted by atomic mass is 16.4. The number of carboxylic acids is 4. The standard InChI is InChI=1S/C22H32N4O9/c27-18(23-11-17-5-2-1-3-6-17)12-24(9-10-26(15-21(32)33)16-22(34)35)7-4-8-25(13-19(28)29)14-20(30)31/h1-3,5-6H,4,7-16H2,(H,23,27)(H,28,29)(H,30,31)(H,32,33)(H,34,35). The summed E-state index contributed by atoms with van der Waals surface area (Å²) >= 11 is 0. The maximum atomic E-state index is 12.5. The second kappa shape index (κ2) is 16.1. The van der Waals surface area contributed by atoms with Gasteiger partial charge >= 0.3 is 23.9 Å². The first-order valence-electron chi connectivity index (χ1n) is 10.9. The van der Waals surface area contributed by atoms with Crippen molar-refractivity contribution in [2.45, 2.75) is 13.0 Å². The van der Waals surface area contributed by atoms with Gasteiger partial charge in [0.05, 0.1) is 32.7 Å². The predicted octanol–water partition coefficient (Wildman–Crippen LogP) is -1.06. The highest BCUT2D eigenvalue weighted by Gasteiger charge is 2.18. The summed E-state index contributed by atoms with van der Waals surface area (Å²) in [6.45, 7) is -0.936. The predicted molar refractivity (Wildman–Crippen MR) is 123 cm³/mol. The Balaban J connectivity index is 2.75. The second-order valence-corrected chi connectivity index (χ2v) is 7.89. The number of hydrogen-bond acceptors (Lipinski definition) is 8. The fraction of sp³-hybridized carbons (Fsp3) is 0.500. The van der Waals surface area contributed by atoms with Crippen molar-refractivity contribution < 1.29 is 44.4 Å². The first-order chi connectivity index (χ1) is 16.5. The summed E-state index contributed by atoms with van der Waals surface area (Å²) in [6, 6.07) is 9.24. The molecular weight excluding hydrogens is 464 g/mol. The molecule has 0 aliphatic rings. The Morgan fingerprint density at radius 1 is 0.600 bits per heavy atom. The van der Waals surface area contributed by atoms with Crippen molar-refractivity contribution in [3.05, 3.63) is 35.9 Å². The molecule has 0 bridgehead atoms. The third kappa shape index (κ3) is 15.1. The van der Waals surface area contributed by atoms with Gasteiger partial charge in [0.25, 0.3) is 0 Å². The lowest BCUT2D eigenvalue weighted by molar-refractivity contribution is -0.144. The summed E-state index contributed by atoms with van der Waals surface area (Å²) in [4.78, 5) is 60.7. The highest BCUT2D eigenvalue weighted by Crippen LogP contribution is 2.01. The molecule has 0 aliphatic carbocycles. The van der Waals surface area contributed by atoms with E-state index in [0.717, 1.165) is 5.56 Å². The molecule has 13 nitrogen and oxygen atoms in total. The number of carbonyl (C=O) groups is 5. The van der Waals surface area contributed by atoms with E-state index in [2.05, 4.69) is 5.32 Å². The van der Waals surface area contributed by atoms with Crippen LogP contribution < -0.4 is 5.32 Å². The highest BCUT2D eigenvalue weighted by molar-refractivity contribution is 5.78. The van der Waals surface area contributed by atoms with Gasteiger partial charge in [-0.25, -0.2) is 0 Å². The van der Waals surface area contributed by atoms with Gasteiger partial charge < -0.3 is 25.7 Å². The van der Waals surface area contributed by atoms with Crippen molar-refractivity contribution >= 4 is 29.8 Å². The van der Waals surface area contributed by atoms with Crippen LogP contribution in [0.4, 0.5) is 0 Å². The zero-order chi connectivity index (χ0) is 26.2. The van der Waals surface area contributed by atoms with Crippen LogP contribution in [-0.4, -0.2) is 124 Å². The molecule has 0 atom stereocenters. The van der Waals surface area contributed by atoms with Crippen LogP contribution in [0.15, 0.2) is 30.3 Å². The van der Waals surface area contributed by atoms with Crippen LogP contribution in [0.2, 0.25) is 0 Å². The SMILES string of the molecule is O=C(O)CN(CCCN(CCN(CC(=O)O)CC(=O)O)CC(=O)NCc1ccccc1)CC(=O)O. The molecule has 1 amide bonds. The monoisotopic (exact) mass is 496 g/mol. The lowest BCUT2D eigenvalue weighted by atomic mass is 10.2. The minimum absolute atomic E-state index is 0.0569. The Morgan fingerprint density at radius 3 is 1.51 bits per heavy atom. The topological polar surface area (TPSA) is 188 Å². The zero-order valence-corrected chi connectivity index (χ0v) is 19.3. The van der Waals surface area contributed by atoms with Crippen LogP contribution in [0.3, 0.4) is 0 Å². The van der Waals surface area contributed by atoms with Gasteiger partial charge in [0.2, 0.25) is 5.91 Å². The molecule has 0 unspecified atom stereocenters. The van der Waals surface area contributed by atoms with E-state index in [0.29, 0.717) is 13.0 Å². The summed E-state index contributed by atoms with van der Waals surface area (Å²) in [5.41, 5.74) is 0.902. The molecular formula is C22H32N4O9. The van der Waals surface area contributed by atoms with Crippen molar-refractivity contribution in [2.24, 2.45) is 0 Å². The van der Waals surface area contributed by atoms with Crippen molar-refractivity contribution in [3.63, 3.8) is 0 Å². The first kappa shape index (κ1) is 29.5. The average molecular weight is 497 g/mol. The summed E-state index contributed by atoms with van der Waals surface area (Å²) in [7, 11) is 0. The number of nitrogens with zero attached hydrogens (tertiary/aromatic N) is 3. The van der Waals surface area contributed by atoms with Crippen molar-refractivity contribution in [3.8, 4) is 0 Å². The maximum absolute atomic E-state index is 12.5. The van der Waals surface area contributed by atoms with Gasteiger partial charge in [-0.05, 0) is 18.5 Å². The number of nitrogens with one attached hydrogen (secondary N) is 1. The molecule has 0 saturated carbocycles. The minimum atomic E-state index is -1.18. The quantitative estimate of drug-likeness (QED) is 0.156. The van der Waals surface area contributed by atoms with Crippen molar-refractivity contribution in [2.75, 3.05) is 58.9 Å². The largest absolute Gasteiger partial charge is 0.480 e. The van der Waals surface area contributed by atoms with Crippen LogP contribution in [0, 0.1) is 0 Å². The van der Waals surface area contributed by atoms with E-state index in [-0.39, 0.29) is 38.6 Å². The zero-order valence-electron chi connectivity index (χ0n) is 19.3. The van der Waals surface area contributed by atoms with Gasteiger partial charge in [-0.1, -0.05) is 30.3 Å².